The van der Waals surface area contributed by atoms with Crippen molar-refractivity contribution in [3.05, 3.63) is 25.0 Å². The lowest BCUT2D eigenvalue weighted by Crippen LogP contribution is -2.07. The van der Waals surface area contributed by atoms with Crippen molar-refractivity contribution in [2.75, 3.05) is 13.2 Å². The molecule has 0 aliphatic heterocycles. The monoisotopic (exact) mass is 186 g/mol. The Hall–Kier alpha value is -1.26. The molecule has 0 aromatic rings. The molecule has 0 aliphatic carbocycles. The van der Waals surface area contributed by atoms with Gasteiger partial charge in [-0.3, -0.25) is 0 Å². The molecule has 0 saturated carbocycles. The van der Waals surface area contributed by atoms with Crippen LogP contribution < -0.4 is 0 Å². The molecule has 0 saturated heterocycles. The first kappa shape index (κ1) is 11.7. The van der Waals surface area contributed by atoms with Gasteiger partial charge in [-0.1, -0.05) is 0 Å². The topological polar surface area (TPSA) is 36.9 Å². The zero-order valence-corrected chi connectivity index (χ0v) is 8.17. The summed E-state index contributed by atoms with van der Waals surface area (Å²) < 4.78 is 19.7. The normalized spacial score (nSPS) is 8.46. The summed E-state index contributed by atoms with van der Waals surface area (Å²) in [6.45, 7) is 11.7. The molecule has 0 N–H and O–H groups in total. The van der Waals surface area contributed by atoms with Crippen molar-refractivity contribution in [2.24, 2.45) is 0 Å². The predicted molar refractivity (Wildman–Crippen MR) is 50.9 cm³/mol. The second kappa shape index (κ2) is 7.40. The highest BCUT2D eigenvalue weighted by atomic mass is 16.7. The zero-order valence-electron chi connectivity index (χ0n) is 8.17. The summed E-state index contributed by atoms with van der Waals surface area (Å²) >= 11 is 0. The van der Waals surface area contributed by atoms with E-state index in [4.69, 9.17) is 18.8 Å². The maximum Gasteiger partial charge on any atom is 0.580 e. The Kier molecular flexibility index (Phi) is 6.68. The summed E-state index contributed by atoms with van der Waals surface area (Å²) in [4.78, 5) is 0. The van der Waals surface area contributed by atoms with Gasteiger partial charge in [0.2, 0.25) is 0 Å². The molecule has 0 heterocycles. The molecule has 0 spiro atoms. The van der Waals surface area contributed by atoms with Crippen LogP contribution >= 0.6 is 0 Å². The summed E-state index contributed by atoms with van der Waals surface area (Å²) in [6, 6.07) is 0. The largest absolute Gasteiger partial charge is 0.580 e. The van der Waals surface area contributed by atoms with Gasteiger partial charge in [0, 0.05) is 0 Å². The summed E-state index contributed by atoms with van der Waals surface area (Å²) in [5.41, 5.74) is 0. The van der Waals surface area contributed by atoms with Crippen LogP contribution in [0.1, 0.15) is 13.8 Å². The fourth-order valence-electron chi connectivity index (χ4n) is 0.566. The number of ether oxygens (including phenoxy) is 2. The zero-order chi connectivity index (χ0) is 10.1. The third kappa shape index (κ3) is 7.12. The maximum atomic E-state index is 4.92. The van der Waals surface area contributed by atoms with Crippen molar-refractivity contribution in [2.45, 2.75) is 13.8 Å². The lowest BCUT2D eigenvalue weighted by atomic mass is 10.4. The van der Waals surface area contributed by atoms with Crippen molar-refractivity contribution in [3.63, 3.8) is 0 Å². The first-order valence-electron chi connectivity index (χ1n) is 4.09. The van der Waals surface area contributed by atoms with Gasteiger partial charge >= 0.3 is 7.69 Å². The molecular weight excluding hydrogens is 171 g/mol. The molecule has 0 aliphatic rings. The summed E-state index contributed by atoms with van der Waals surface area (Å²) in [5.74, 6) is 0.457. The molecule has 5 heteroatoms. The molecule has 0 rings (SSSR count). The Morgan fingerprint density at radius 2 is 1.38 bits per heavy atom. The summed E-state index contributed by atoms with van der Waals surface area (Å²) in [6.07, 6.45) is 0. The fraction of sp³-hybridized carbons (Fsp3) is 0.500. The summed E-state index contributed by atoms with van der Waals surface area (Å²) in [7, 11) is -0.00231. The van der Waals surface area contributed by atoms with E-state index >= 15 is 0 Å². The van der Waals surface area contributed by atoms with Crippen LogP contribution in [0.25, 0.3) is 0 Å². The third-order valence-electron chi connectivity index (χ3n) is 1.05. The van der Waals surface area contributed by atoms with E-state index in [2.05, 4.69) is 13.2 Å². The van der Waals surface area contributed by atoms with Crippen molar-refractivity contribution in [3.8, 4) is 0 Å². The Morgan fingerprint density at radius 3 is 1.69 bits per heavy atom. The van der Waals surface area contributed by atoms with Gasteiger partial charge in [-0.2, -0.15) is 0 Å². The lowest BCUT2D eigenvalue weighted by molar-refractivity contribution is 0.0784. The first-order chi connectivity index (χ1) is 6.20. The number of hydrogen-bond acceptors (Lipinski definition) is 4. The van der Waals surface area contributed by atoms with Crippen LogP contribution in [0.4, 0.5) is 0 Å². The van der Waals surface area contributed by atoms with Crippen molar-refractivity contribution in [1.82, 2.24) is 0 Å². The number of hydrogen-bond donors (Lipinski definition) is 0. The molecule has 0 aromatic carbocycles. The van der Waals surface area contributed by atoms with Gasteiger partial charge in [0.15, 0.2) is 0 Å². The van der Waals surface area contributed by atoms with Crippen LogP contribution in [0.3, 0.4) is 0 Å². The van der Waals surface area contributed by atoms with Crippen molar-refractivity contribution < 1.29 is 18.8 Å². The molecule has 13 heavy (non-hydrogen) atoms. The smallest absolute Gasteiger partial charge is 0.502 e. The highest BCUT2D eigenvalue weighted by Gasteiger charge is 2.00. The van der Waals surface area contributed by atoms with Gasteiger partial charge in [-0.15, -0.1) is 0 Å². The summed E-state index contributed by atoms with van der Waals surface area (Å²) in [5, 5.41) is 0. The van der Waals surface area contributed by atoms with Crippen LogP contribution in [-0.4, -0.2) is 20.9 Å². The van der Waals surface area contributed by atoms with Crippen LogP contribution in [0.15, 0.2) is 25.0 Å². The average Bonchev–Trinajstić information content (AvgIpc) is 2.05. The SMILES string of the molecule is C=C(OBOC(=C)OCC)OCC. The minimum atomic E-state index is -0.00231. The maximum absolute atomic E-state index is 4.92. The quantitative estimate of drug-likeness (QED) is 0.423. The van der Waals surface area contributed by atoms with E-state index < -0.39 is 0 Å². The van der Waals surface area contributed by atoms with E-state index in [9.17, 15) is 0 Å². The van der Waals surface area contributed by atoms with Crippen LogP contribution in [-0.2, 0) is 18.8 Å². The second-order valence-electron chi connectivity index (χ2n) is 2.02. The number of rotatable bonds is 8. The van der Waals surface area contributed by atoms with E-state index in [-0.39, 0.29) is 19.6 Å². The molecule has 74 valence electrons. The second-order valence-corrected chi connectivity index (χ2v) is 2.02. The van der Waals surface area contributed by atoms with Gasteiger partial charge in [0.05, 0.1) is 13.2 Å². The predicted octanol–water partition coefficient (Wildman–Crippen LogP) is 1.30. The van der Waals surface area contributed by atoms with E-state index in [1.807, 2.05) is 13.8 Å². The van der Waals surface area contributed by atoms with Gasteiger partial charge in [0.25, 0.3) is 11.9 Å². The molecule has 0 bridgehead atoms. The molecule has 0 radical (unpaired) electrons. The highest BCUT2D eigenvalue weighted by molar-refractivity contribution is 6.18. The third-order valence-corrected chi connectivity index (χ3v) is 1.05. The van der Waals surface area contributed by atoms with Crippen LogP contribution in [0, 0.1) is 0 Å². The Bertz CT molecular complexity index is 152. The van der Waals surface area contributed by atoms with Crippen molar-refractivity contribution >= 4 is 7.69 Å². The van der Waals surface area contributed by atoms with Gasteiger partial charge in [-0.25, -0.2) is 0 Å². The molecule has 4 nitrogen and oxygen atoms in total. The fourth-order valence-corrected chi connectivity index (χ4v) is 0.566. The standard InChI is InChI=1S/C8H15BO4/c1-5-10-7(3)12-9-13-8(4)11-6-2/h9H,3-6H2,1-2H3. The Balaban J connectivity index is 3.33. The molecule has 0 unspecified atom stereocenters. The van der Waals surface area contributed by atoms with Crippen LogP contribution in [0.2, 0.25) is 0 Å². The molecule has 0 fully saturated rings. The van der Waals surface area contributed by atoms with Crippen LogP contribution in [0.5, 0.6) is 0 Å². The van der Waals surface area contributed by atoms with Gasteiger partial charge in [0.1, 0.15) is 0 Å². The van der Waals surface area contributed by atoms with E-state index in [1.165, 1.54) is 0 Å². The van der Waals surface area contributed by atoms with Gasteiger partial charge in [-0.05, 0) is 27.0 Å². The van der Waals surface area contributed by atoms with Gasteiger partial charge < -0.3 is 18.8 Å². The highest BCUT2D eigenvalue weighted by Crippen LogP contribution is 1.98. The minimum Gasteiger partial charge on any atom is -0.502 e. The van der Waals surface area contributed by atoms with E-state index in [0.717, 1.165) is 0 Å². The van der Waals surface area contributed by atoms with E-state index in [0.29, 0.717) is 13.2 Å². The minimum absolute atomic E-state index is 0.00231. The molecule has 0 aromatic heterocycles. The van der Waals surface area contributed by atoms with E-state index in [1.54, 1.807) is 0 Å². The average molecular weight is 186 g/mol. The lowest BCUT2D eigenvalue weighted by Gasteiger charge is -2.10. The molecule has 0 atom stereocenters. The van der Waals surface area contributed by atoms with Crippen molar-refractivity contribution in [1.29, 1.82) is 0 Å². The molecule has 0 amide bonds. The Labute approximate surface area is 79.4 Å². The Morgan fingerprint density at radius 1 is 1.00 bits per heavy atom. The molecular formula is C8H15BO4. The first-order valence-corrected chi connectivity index (χ1v) is 4.09.